The average Bonchev–Trinajstić information content (AvgIpc) is 3.09. The molecule has 2 aliphatic rings. The summed E-state index contributed by atoms with van der Waals surface area (Å²) >= 11 is 0. The monoisotopic (exact) mass is 319 g/mol. The zero-order valence-electron chi connectivity index (χ0n) is 14.2. The van der Waals surface area contributed by atoms with Gasteiger partial charge in [-0.3, -0.25) is 0 Å². The average molecular weight is 320 g/mol. The summed E-state index contributed by atoms with van der Waals surface area (Å²) in [4.78, 5) is 0. The quantitative estimate of drug-likeness (QED) is 0.795. The summed E-state index contributed by atoms with van der Waals surface area (Å²) in [7, 11) is 0.398. The van der Waals surface area contributed by atoms with E-state index in [4.69, 9.17) is 0 Å². The molecule has 1 aromatic carbocycles. The minimum absolute atomic E-state index is 0.371. The number of benzene rings is 1. The van der Waals surface area contributed by atoms with Gasteiger partial charge in [-0.1, -0.05) is 43.5 Å². The first-order valence-electron chi connectivity index (χ1n) is 9.08. The van der Waals surface area contributed by atoms with Crippen LogP contribution in [-0.4, -0.2) is 21.9 Å². The van der Waals surface area contributed by atoms with Gasteiger partial charge in [0, 0.05) is 0 Å². The molecule has 1 N–H and O–H groups in total. The Balaban J connectivity index is 1.72. The maximum Gasteiger partial charge on any atom is 0.147 e. The Morgan fingerprint density at radius 3 is 2.18 bits per heavy atom. The van der Waals surface area contributed by atoms with Crippen LogP contribution in [0, 0.1) is 0 Å². The third-order valence-corrected chi connectivity index (χ3v) is 9.01. The fraction of sp³-hybridized carbons (Fsp3) is 0.700. The predicted molar refractivity (Wildman–Crippen MR) is 97.6 cm³/mol. The van der Waals surface area contributed by atoms with Crippen molar-refractivity contribution in [3.63, 3.8) is 0 Å². The lowest BCUT2D eigenvalue weighted by molar-refractivity contribution is 0.0583. The van der Waals surface area contributed by atoms with Gasteiger partial charge < -0.3 is 5.11 Å². The molecule has 0 radical (unpaired) electrons. The highest BCUT2D eigenvalue weighted by atomic mass is 32.2. The Hall–Kier alpha value is -0.470. The fourth-order valence-electron chi connectivity index (χ4n) is 4.12. The van der Waals surface area contributed by atoms with Gasteiger partial charge in [-0.15, -0.1) is 0 Å². The maximum absolute atomic E-state index is 11.1. The van der Waals surface area contributed by atoms with E-state index in [0.717, 1.165) is 11.5 Å². The van der Waals surface area contributed by atoms with E-state index < -0.39 is 5.60 Å². The molecule has 1 nitrogen and oxygen atoms in total. The Morgan fingerprint density at radius 1 is 1.00 bits per heavy atom. The summed E-state index contributed by atoms with van der Waals surface area (Å²) in [6.45, 7) is 4.28. The molecule has 2 heteroatoms. The highest BCUT2D eigenvalue weighted by Gasteiger charge is 2.43. The Bertz CT molecular complexity index is 467. The summed E-state index contributed by atoms with van der Waals surface area (Å²) in [6, 6.07) is 8.95. The smallest absolute Gasteiger partial charge is 0.147 e. The van der Waals surface area contributed by atoms with Crippen LogP contribution < -0.4 is 0 Å². The van der Waals surface area contributed by atoms with E-state index in [1.807, 2.05) is 6.92 Å². The van der Waals surface area contributed by atoms with Crippen molar-refractivity contribution < 1.29 is 5.11 Å². The van der Waals surface area contributed by atoms with Gasteiger partial charge in [0.15, 0.2) is 0 Å². The topological polar surface area (TPSA) is 20.2 Å². The zero-order valence-corrected chi connectivity index (χ0v) is 15.0. The van der Waals surface area contributed by atoms with Crippen molar-refractivity contribution in [2.24, 2.45) is 0 Å². The molecule has 0 aromatic heterocycles. The molecule has 22 heavy (non-hydrogen) atoms. The molecule has 2 atom stereocenters. The molecule has 1 aliphatic heterocycles. The lowest BCUT2D eigenvalue weighted by atomic mass is 9.83. The molecule has 1 aliphatic carbocycles. The van der Waals surface area contributed by atoms with Crippen molar-refractivity contribution in [1.29, 1.82) is 0 Å². The lowest BCUT2D eigenvalue weighted by Crippen LogP contribution is -2.41. The summed E-state index contributed by atoms with van der Waals surface area (Å²) < 4.78 is 0. The van der Waals surface area contributed by atoms with E-state index >= 15 is 0 Å². The first kappa shape index (κ1) is 16.4. The van der Waals surface area contributed by atoms with Gasteiger partial charge in [-0.05, 0) is 67.5 Å². The number of hydrogen-bond acceptors (Lipinski definition) is 1. The standard InChI is InChI=1S/C20H31OS/c1-16(22-14-6-7-15-22)20(2,21)19-12-10-18(11-13-19)17-8-4-3-5-9-17/h10-13,16-17,21H,3-9,14-15H2,1-2H3/q+1. The van der Waals surface area contributed by atoms with E-state index in [0.29, 0.717) is 16.1 Å². The molecule has 2 fully saturated rings. The molecule has 1 heterocycles. The number of rotatable bonds is 4. The van der Waals surface area contributed by atoms with Gasteiger partial charge in [0.1, 0.15) is 22.4 Å². The van der Waals surface area contributed by atoms with E-state index in [1.54, 1.807) is 0 Å². The molecule has 122 valence electrons. The van der Waals surface area contributed by atoms with Gasteiger partial charge in [-0.2, -0.15) is 0 Å². The van der Waals surface area contributed by atoms with E-state index in [-0.39, 0.29) is 0 Å². The van der Waals surface area contributed by atoms with Crippen molar-refractivity contribution in [3.05, 3.63) is 35.4 Å². The second kappa shape index (κ2) is 6.97. The van der Waals surface area contributed by atoms with Crippen LogP contribution in [0.4, 0.5) is 0 Å². The van der Waals surface area contributed by atoms with Gasteiger partial charge >= 0.3 is 0 Å². The normalized spacial score (nSPS) is 25.0. The van der Waals surface area contributed by atoms with Crippen molar-refractivity contribution in [1.82, 2.24) is 0 Å². The summed E-state index contributed by atoms with van der Waals surface area (Å²) in [6.07, 6.45) is 9.55. The van der Waals surface area contributed by atoms with Crippen molar-refractivity contribution >= 4 is 10.9 Å². The van der Waals surface area contributed by atoms with Crippen LogP contribution in [0.2, 0.25) is 0 Å². The molecule has 1 saturated carbocycles. The maximum atomic E-state index is 11.1. The first-order valence-corrected chi connectivity index (χ1v) is 10.7. The molecular weight excluding hydrogens is 288 g/mol. The summed E-state index contributed by atoms with van der Waals surface area (Å²) in [5.74, 6) is 3.39. The van der Waals surface area contributed by atoms with Crippen molar-refractivity contribution in [2.45, 2.75) is 75.6 Å². The van der Waals surface area contributed by atoms with E-state index in [2.05, 4.69) is 31.2 Å². The highest BCUT2D eigenvalue weighted by Crippen LogP contribution is 2.36. The molecule has 0 spiro atoms. The van der Waals surface area contributed by atoms with Crippen LogP contribution in [-0.2, 0) is 16.5 Å². The van der Waals surface area contributed by atoms with Gasteiger partial charge in [0.05, 0.1) is 0 Å². The number of hydrogen-bond donors (Lipinski definition) is 1. The molecule has 3 rings (SSSR count). The SMILES string of the molecule is CC([S+]1CCCC1)C(C)(O)c1ccc(C2CCCCC2)cc1. The lowest BCUT2D eigenvalue weighted by Gasteiger charge is -2.30. The Morgan fingerprint density at radius 2 is 1.59 bits per heavy atom. The third-order valence-electron chi connectivity index (χ3n) is 5.93. The van der Waals surface area contributed by atoms with Crippen LogP contribution in [0.5, 0.6) is 0 Å². The largest absolute Gasteiger partial charge is 0.380 e. The Kier molecular flexibility index (Phi) is 5.19. The second-order valence-corrected chi connectivity index (χ2v) is 10.00. The second-order valence-electron chi connectivity index (χ2n) is 7.40. The van der Waals surface area contributed by atoms with Crippen LogP contribution in [0.3, 0.4) is 0 Å². The molecule has 0 bridgehead atoms. The minimum Gasteiger partial charge on any atom is -0.380 e. The van der Waals surface area contributed by atoms with Gasteiger partial charge in [0.25, 0.3) is 0 Å². The van der Waals surface area contributed by atoms with E-state index in [1.165, 1.54) is 62.0 Å². The summed E-state index contributed by atoms with van der Waals surface area (Å²) in [5.41, 5.74) is 1.91. The van der Waals surface area contributed by atoms with E-state index in [9.17, 15) is 5.11 Å². The van der Waals surface area contributed by atoms with Gasteiger partial charge in [0.2, 0.25) is 0 Å². The third kappa shape index (κ3) is 3.38. The highest BCUT2D eigenvalue weighted by molar-refractivity contribution is 7.97. The molecule has 1 aromatic rings. The molecular formula is C20H31OS+. The van der Waals surface area contributed by atoms with Crippen LogP contribution in [0.15, 0.2) is 24.3 Å². The first-order chi connectivity index (χ1) is 10.6. The van der Waals surface area contributed by atoms with Crippen molar-refractivity contribution in [2.75, 3.05) is 11.5 Å². The predicted octanol–water partition coefficient (Wildman–Crippen LogP) is 4.74. The molecule has 0 amide bonds. The number of aliphatic hydroxyl groups is 1. The van der Waals surface area contributed by atoms with Crippen LogP contribution >= 0.6 is 0 Å². The van der Waals surface area contributed by atoms with Crippen molar-refractivity contribution in [3.8, 4) is 0 Å². The van der Waals surface area contributed by atoms with Crippen LogP contribution in [0.1, 0.15) is 75.8 Å². The minimum atomic E-state index is -0.682. The Labute approximate surface area is 138 Å². The zero-order chi connectivity index (χ0) is 15.6. The fourth-order valence-corrected chi connectivity index (χ4v) is 6.96. The van der Waals surface area contributed by atoms with Crippen LogP contribution in [0.25, 0.3) is 0 Å². The van der Waals surface area contributed by atoms with Gasteiger partial charge in [-0.25, -0.2) is 0 Å². The molecule has 2 unspecified atom stereocenters. The molecule has 1 saturated heterocycles. The summed E-state index contributed by atoms with van der Waals surface area (Å²) in [5, 5.41) is 11.5.